The van der Waals surface area contributed by atoms with Crippen LogP contribution in [0.15, 0.2) is 46.0 Å². The maximum atomic E-state index is 13.6. The van der Waals surface area contributed by atoms with Gasteiger partial charge in [-0.2, -0.15) is 18.4 Å². The third-order valence-corrected chi connectivity index (χ3v) is 4.94. The predicted octanol–water partition coefficient (Wildman–Crippen LogP) is 3.05. The first-order valence-corrected chi connectivity index (χ1v) is 10.4. The summed E-state index contributed by atoms with van der Waals surface area (Å²) in [6, 6.07) is 5.30. The number of ether oxygens (including phenoxy) is 1. The number of ketones is 2. The Bertz CT molecular complexity index is 1360. The Labute approximate surface area is 201 Å². The molecule has 9 nitrogen and oxygen atoms in total. The van der Waals surface area contributed by atoms with Gasteiger partial charge in [0.2, 0.25) is 5.75 Å². The van der Waals surface area contributed by atoms with Crippen LogP contribution < -0.4 is 15.6 Å². The van der Waals surface area contributed by atoms with Crippen molar-refractivity contribution in [2.45, 2.75) is 32.7 Å². The van der Waals surface area contributed by atoms with Crippen molar-refractivity contribution < 1.29 is 27.5 Å². The molecule has 0 spiro atoms. The Kier molecular flexibility index (Phi) is 7.52. The molecule has 1 aliphatic heterocycles. The number of halogens is 4. The van der Waals surface area contributed by atoms with Crippen LogP contribution in [0.5, 0.6) is 11.5 Å². The van der Waals surface area contributed by atoms with E-state index in [0.717, 1.165) is 16.7 Å². The molecule has 1 aromatic carbocycles. The summed E-state index contributed by atoms with van der Waals surface area (Å²) >= 11 is 5.88. The molecule has 2 heterocycles. The zero-order valence-corrected chi connectivity index (χ0v) is 19.1. The number of alkyl halides is 3. The van der Waals surface area contributed by atoms with Crippen LogP contribution in [0.3, 0.4) is 0 Å². The lowest BCUT2D eigenvalue weighted by atomic mass is 10.0. The molecule has 182 valence electrons. The number of aliphatic imine (C=N–C) groups is 1. The van der Waals surface area contributed by atoms with Crippen LogP contribution in [-0.2, 0) is 22.3 Å². The summed E-state index contributed by atoms with van der Waals surface area (Å²) in [6.07, 6.45) is -3.75. The molecule has 0 fully saturated rings. The van der Waals surface area contributed by atoms with Gasteiger partial charge < -0.3 is 4.74 Å². The maximum Gasteiger partial charge on any atom is 0.437 e. The summed E-state index contributed by atoms with van der Waals surface area (Å²) in [4.78, 5) is 44.8. The van der Waals surface area contributed by atoms with Gasteiger partial charge in [0.15, 0.2) is 17.3 Å². The molecule has 35 heavy (non-hydrogen) atoms. The Balaban J connectivity index is 2.11. The van der Waals surface area contributed by atoms with Gasteiger partial charge in [-0.25, -0.2) is 4.98 Å². The van der Waals surface area contributed by atoms with Crippen LogP contribution in [-0.4, -0.2) is 39.5 Å². The van der Waals surface area contributed by atoms with Crippen LogP contribution in [0.25, 0.3) is 0 Å². The highest BCUT2D eigenvalue weighted by Crippen LogP contribution is 2.35. The molecule has 1 atom stereocenters. The van der Waals surface area contributed by atoms with Crippen molar-refractivity contribution in [3.05, 3.63) is 62.8 Å². The predicted molar refractivity (Wildman–Crippen MR) is 118 cm³/mol. The minimum absolute atomic E-state index is 0.00204. The van der Waals surface area contributed by atoms with Gasteiger partial charge >= 0.3 is 6.18 Å². The van der Waals surface area contributed by atoms with Crippen LogP contribution in [0.4, 0.5) is 13.2 Å². The Morgan fingerprint density at radius 3 is 2.69 bits per heavy atom. The summed E-state index contributed by atoms with van der Waals surface area (Å²) < 4.78 is 46.8. The van der Waals surface area contributed by atoms with Crippen molar-refractivity contribution in [3.8, 4) is 17.6 Å². The molecule has 0 radical (unpaired) electrons. The smallest absolute Gasteiger partial charge is 0.437 e. The number of allylic oxidation sites excluding steroid dienone is 1. The number of nitriles is 1. The molecular formula is C22H17ClF3N5O4. The SMILES string of the molecule is CC(=O)/C1=C/C(Cn2cnc(C(F)(F)F)c(Oc3cc(Cl)cc(C#N)c3)c2=O)=NC(C)NCC1=O. The average Bonchev–Trinajstić information content (AvgIpc) is 2.75. The molecule has 1 unspecified atom stereocenters. The van der Waals surface area contributed by atoms with Gasteiger partial charge in [-0.05, 0) is 38.1 Å². The van der Waals surface area contributed by atoms with E-state index in [4.69, 9.17) is 21.6 Å². The molecule has 0 amide bonds. The maximum absolute atomic E-state index is 13.6. The van der Waals surface area contributed by atoms with Crippen molar-refractivity contribution in [2.24, 2.45) is 4.99 Å². The molecule has 13 heteroatoms. The summed E-state index contributed by atoms with van der Waals surface area (Å²) in [7, 11) is 0. The van der Waals surface area contributed by atoms with Gasteiger partial charge in [-0.1, -0.05) is 11.6 Å². The number of hydrogen-bond donors (Lipinski definition) is 1. The van der Waals surface area contributed by atoms with Gasteiger partial charge in [-0.3, -0.25) is 29.3 Å². The molecule has 1 aromatic heterocycles. The van der Waals surface area contributed by atoms with Crippen molar-refractivity contribution >= 4 is 28.9 Å². The lowest BCUT2D eigenvalue weighted by Crippen LogP contribution is -2.36. The number of nitrogens with one attached hydrogen (secondary N) is 1. The van der Waals surface area contributed by atoms with Gasteiger partial charge in [0.25, 0.3) is 5.56 Å². The summed E-state index contributed by atoms with van der Waals surface area (Å²) in [5, 5.41) is 11.9. The van der Waals surface area contributed by atoms with Gasteiger partial charge in [0.05, 0.1) is 48.5 Å². The highest BCUT2D eigenvalue weighted by atomic mass is 35.5. The highest BCUT2D eigenvalue weighted by molar-refractivity contribution is 6.30. The molecule has 0 aliphatic carbocycles. The van der Waals surface area contributed by atoms with Crippen molar-refractivity contribution in [2.75, 3.05) is 6.54 Å². The zero-order chi connectivity index (χ0) is 25.9. The number of carbonyl (C=O) groups excluding carboxylic acids is 2. The van der Waals surface area contributed by atoms with E-state index < -0.39 is 47.5 Å². The first-order valence-electron chi connectivity index (χ1n) is 10.00. The van der Waals surface area contributed by atoms with E-state index in [0.29, 0.717) is 6.33 Å². The minimum atomic E-state index is -5.03. The van der Waals surface area contributed by atoms with Crippen LogP contribution in [0.1, 0.15) is 25.1 Å². The Morgan fingerprint density at radius 1 is 1.34 bits per heavy atom. The zero-order valence-electron chi connectivity index (χ0n) is 18.3. The lowest BCUT2D eigenvalue weighted by molar-refractivity contribution is -0.142. The highest BCUT2D eigenvalue weighted by Gasteiger charge is 2.39. The number of aromatic nitrogens is 2. The van der Waals surface area contributed by atoms with E-state index in [-0.39, 0.29) is 34.2 Å². The van der Waals surface area contributed by atoms with Crippen LogP contribution in [0.2, 0.25) is 5.02 Å². The molecule has 1 aliphatic rings. The molecule has 0 saturated heterocycles. The van der Waals surface area contributed by atoms with E-state index >= 15 is 0 Å². The second-order valence-electron chi connectivity index (χ2n) is 7.46. The van der Waals surface area contributed by atoms with Gasteiger partial charge in [0.1, 0.15) is 5.75 Å². The largest absolute Gasteiger partial charge is 0.449 e. The molecule has 2 aromatic rings. The number of benzene rings is 1. The van der Waals surface area contributed by atoms with E-state index in [9.17, 15) is 27.6 Å². The van der Waals surface area contributed by atoms with E-state index in [1.165, 1.54) is 19.1 Å². The molecule has 0 saturated carbocycles. The summed E-state index contributed by atoms with van der Waals surface area (Å²) in [5.41, 5.74) is -2.88. The molecule has 1 N–H and O–H groups in total. The third kappa shape index (κ3) is 6.20. The number of Topliss-reactive ketones (excluding diaryl/α,β-unsaturated/α-hetero) is 2. The van der Waals surface area contributed by atoms with Crippen LogP contribution in [0, 0.1) is 11.3 Å². The lowest BCUT2D eigenvalue weighted by Gasteiger charge is -2.17. The van der Waals surface area contributed by atoms with E-state index in [2.05, 4.69) is 15.3 Å². The number of hydrogen-bond acceptors (Lipinski definition) is 8. The first-order chi connectivity index (χ1) is 16.4. The molecule has 0 bridgehead atoms. The van der Waals surface area contributed by atoms with E-state index in [1.54, 1.807) is 13.0 Å². The number of carbonyl (C=O) groups is 2. The molecular weight excluding hydrogens is 491 g/mol. The fourth-order valence-corrected chi connectivity index (χ4v) is 3.38. The molecule has 3 rings (SSSR count). The fourth-order valence-electron chi connectivity index (χ4n) is 3.15. The van der Waals surface area contributed by atoms with Gasteiger partial charge in [0, 0.05) is 5.02 Å². The third-order valence-electron chi connectivity index (χ3n) is 4.73. The van der Waals surface area contributed by atoms with Crippen LogP contribution >= 0.6 is 11.6 Å². The standard InChI is InChI=1S/C22H17ClF3N5O4/c1-11(32)17-6-15(30-12(2)28-8-18(17)33)9-31-10-29-20(22(24,25)26)19(21(31)34)35-16-4-13(7-27)3-14(23)5-16/h3-6,10,12,28H,8-9H2,1-2H3/b17-6-,30-15?. The number of nitrogens with zero attached hydrogens (tertiary/aromatic N) is 4. The second-order valence-corrected chi connectivity index (χ2v) is 7.89. The second kappa shape index (κ2) is 10.2. The quantitative estimate of drug-likeness (QED) is 0.616. The van der Waals surface area contributed by atoms with E-state index in [1.807, 2.05) is 0 Å². The summed E-state index contributed by atoms with van der Waals surface area (Å²) in [6.45, 7) is 2.27. The van der Waals surface area contributed by atoms with Crippen molar-refractivity contribution in [1.82, 2.24) is 14.9 Å². The topological polar surface area (TPSA) is 126 Å². The van der Waals surface area contributed by atoms with Crippen molar-refractivity contribution in [3.63, 3.8) is 0 Å². The average molecular weight is 508 g/mol. The Morgan fingerprint density at radius 2 is 2.06 bits per heavy atom. The Hall–Kier alpha value is -3.82. The normalized spacial score (nSPS) is 18.0. The number of rotatable bonds is 5. The summed E-state index contributed by atoms with van der Waals surface area (Å²) in [5.74, 6) is -2.44. The van der Waals surface area contributed by atoms with Gasteiger partial charge in [-0.15, -0.1) is 0 Å². The fraction of sp³-hybridized carbons (Fsp3) is 0.273. The minimum Gasteiger partial charge on any atom is -0.449 e. The monoisotopic (exact) mass is 507 g/mol. The first kappa shape index (κ1) is 25.8. The van der Waals surface area contributed by atoms with Crippen molar-refractivity contribution in [1.29, 1.82) is 5.26 Å².